The van der Waals surface area contributed by atoms with Gasteiger partial charge in [-0.3, -0.25) is 14.4 Å². The molecule has 38 heavy (non-hydrogen) atoms. The summed E-state index contributed by atoms with van der Waals surface area (Å²) >= 11 is 0. The number of hydrogen-bond donors (Lipinski definition) is 1. The summed E-state index contributed by atoms with van der Waals surface area (Å²) in [6.07, 6.45) is 3.78. The maximum Gasteiger partial charge on any atom is 0.310 e. The van der Waals surface area contributed by atoms with Crippen LogP contribution in [0.4, 0.5) is 0 Å². The van der Waals surface area contributed by atoms with Gasteiger partial charge in [0.2, 0.25) is 0 Å². The fourth-order valence-electron chi connectivity index (χ4n) is 7.19. The Balaban J connectivity index is 1.44. The largest absolute Gasteiger partial charge is 0.469 e. The lowest BCUT2D eigenvalue weighted by Crippen LogP contribution is -2.51. The minimum atomic E-state index is -0.695. The lowest BCUT2D eigenvalue weighted by Gasteiger charge is -2.49. The third kappa shape index (κ3) is 5.58. The van der Waals surface area contributed by atoms with E-state index >= 15 is 0 Å². The molecule has 0 spiro atoms. The molecule has 4 rings (SSSR count). The summed E-state index contributed by atoms with van der Waals surface area (Å²) in [7, 11) is 2.96. The Bertz CT molecular complexity index is 931. The van der Waals surface area contributed by atoms with Crippen LogP contribution >= 0.6 is 0 Å². The summed E-state index contributed by atoms with van der Waals surface area (Å²) in [5, 5.41) is 10.3. The van der Waals surface area contributed by atoms with E-state index in [0.717, 1.165) is 5.57 Å². The normalized spacial score (nSPS) is 43.1. The van der Waals surface area contributed by atoms with Crippen LogP contribution in [0.25, 0.3) is 0 Å². The SMILES string of the molecule is COC(=O)[C@H]1[C@H](C(=O)CC[C@H]2[C@H](C)OC(=O)[C@@H]2C)CC=C2C[C@@H](O[C@H]3C[C@@H](OC)[C@@H](O)[C@@H](C)O3)CC[C@@]21C. The van der Waals surface area contributed by atoms with Crippen LogP contribution in [0.3, 0.4) is 0 Å². The molecule has 0 unspecified atom stereocenters. The molecule has 11 atom stereocenters. The van der Waals surface area contributed by atoms with Crippen LogP contribution in [0.15, 0.2) is 11.6 Å². The molecule has 0 aromatic rings. The number of ketones is 1. The zero-order valence-corrected chi connectivity index (χ0v) is 23.5. The molecule has 0 radical (unpaired) electrons. The summed E-state index contributed by atoms with van der Waals surface area (Å²) in [5.41, 5.74) is 0.627. The molecule has 2 heterocycles. The first-order valence-electron chi connectivity index (χ1n) is 14.0. The molecule has 0 amide bonds. The van der Waals surface area contributed by atoms with E-state index in [0.29, 0.717) is 44.9 Å². The standard InChI is InChI=1S/C29H44O9/c1-15-20(16(2)37-27(15)32)9-10-22(30)21-8-7-18-13-19(11-12-29(18,4)25(21)28(33)35-6)38-24-14-23(34-5)26(31)17(3)36-24/h7,15-17,19-21,23-26,31H,8-14H2,1-6H3/t15-,16+,17-,19+,20-,21+,23-,24+,25-,26+,29+/m1/s1. The van der Waals surface area contributed by atoms with E-state index in [-0.39, 0.29) is 47.9 Å². The minimum absolute atomic E-state index is 0.00411. The average Bonchev–Trinajstić information content (AvgIpc) is 3.13. The topological polar surface area (TPSA) is 118 Å². The quantitative estimate of drug-likeness (QED) is 0.368. The molecule has 0 bridgehead atoms. The van der Waals surface area contributed by atoms with E-state index in [1.54, 1.807) is 7.11 Å². The van der Waals surface area contributed by atoms with Gasteiger partial charge in [0.05, 0.1) is 37.3 Å². The van der Waals surface area contributed by atoms with E-state index in [9.17, 15) is 19.5 Å². The highest BCUT2D eigenvalue weighted by Crippen LogP contribution is 2.54. The zero-order chi connectivity index (χ0) is 27.8. The van der Waals surface area contributed by atoms with E-state index in [4.69, 9.17) is 23.7 Å². The number of aliphatic hydroxyl groups is 1. The van der Waals surface area contributed by atoms with Crippen molar-refractivity contribution in [2.75, 3.05) is 14.2 Å². The second kappa shape index (κ2) is 11.7. The summed E-state index contributed by atoms with van der Waals surface area (Å²) in [4.78, 5) is 38.6. The van der Waals surface area contributed by atoms with Crippen molar-refractivity contribution in [3.05, 3.63) is 11.6 Å². The smallest absolute Gasteiger partial charge is 0.310 e. The van der Waals surface area contributed by atoms with Crippen LogP contribution in [0.5, 0.6) is 0 Å². The van der Waals surface area contributed by atoms with Gasteiger partial charge in [-0.1, -0.05) is 25.5 Å². The van der Waals surface area contributed by atoms with Crippen molar-refractivity contribution in [1.82, 2.24) is 0 Å². The Kier molecular flexibility index (Phi) is 9.02. The first-order chi connectivity index (χ1) is 18.0. The van der Waals surface area contributed by atoms with E-state index in [2.05, 4.69) is 13.0 Å². The highest BCUT2D eigenvalue weighted by Gasteiger charge is 2.53. The fourth-order valence-corrected chi connectivity index (χ4v) is 7.19. The third-order valence-corrected chi connectivity index (χ3v) is 9.69. The highest BCUT2D eigenvalue weighted by molar-refractivity contribution is 5.88. The molecule has 0 aromatic carbocycles. The van der Waals surface area contributed by atoms with E-state index in [1.165, 1.54) is 7.11 Å². The molecule has 214 valence electrons. The van der Waals surface area contributed by atoms with Gasteiger partial charge in [-0.15, -0.1) is 0 Å². The van der Waals surface area contributed by atoms with Crippen molar-refractivity contribution in [3.8, 4) is 0 Å². The number of hydrogen-bond acceptors (Lipinski definition) is 9. The van der Waals surface area contributed by atoms with E-state index < -0.39 is 35.7 Å². The third-order valence-electron chi connectivity index (χ3n) is 9.69. The minimum Gasteiger partial charge on any atom is -0.469 e. The zero-order valence-electron chi connectivity index (χ0n) is 23.5. The lowest BCUT2D eigenvalue weighted by molar-refractivity contribution is -0.265. The second-order valence-corrected chi connectivity index (χ2v) is 11.9. The number of ether oxygens (including phenoxy) is 5. The van der Waals surface area contributed by atoms with Gasteiger partial charge in [0.15, 0.2) is 6.29 Å². The number of carbonyl (C=O) groups excluding carboxylic acids is 3. The summed E-state index contributed by atoms with van der Waals surface area (Å²) in [6.45, 7) is 7.61. The Morgan fingerprint density at radius 2 is 1.92 bits per heavy atom. The number of cyclic esters (lactones) is 1. The van der Waals surface area contributed by atoms with Crippen LogP contribution in [-0.4, -0.2) is 73.9 Å². The molecule has 9 heteroatoms. The first kappa shape index (κ1) is 29.2. The van der Waals surface area contributed by atoms with Gasteiger partial charge in [-0.25, -0.2) is 0 Å². The number of fused-ring (bicyclic) bond motifs is 1. The predicted molar refractivity (Wildman–Crippen MR) is 137 cm³/mol. The predicted octanol–water partition coefficient (Wildman–Crippen LogP) is 3.36. The number of allylic oxidation sites excluding steroid dienone is 1. The number of esters is 2. The van der Waals surface area contributed by atoms with Gasteiger partial charge in [-0.05, 0) is 46.0 Å². The van der Waals surface area contributed by atoms with Crippen LogP contribution in [0, 0.1) is 29.1 Å². The molecule has 1 saturated carbocycles. The summed E-state index contributed by atoms with van der Waals surface area (Å²) < 4.78 is 28.2. The Labute approximate surface area is 225 Å². The molecule has 3 fully saturated rings. The van der Waals surface area contributed by atoms with Crippen molar-refractivity contribution in [2.45, 2.75) is 109 Å². The molecule has 2 saturated heterocycles. The second-order valence-electron chi connectivity index (χ2n) is 11.9. The molecule has 4 aliphatic rings. The van der Waals surface area contributed by atoms with Gasteiger partial charge in [0, 0.05) is 37.2 Å². The number of rotatable bonds is 8. The monoisotopic (exact) mass is 536 g/mol. The fraction of sp³-hybridized carbons (Fsp3) is 0.828. The molecule has 9 nitrogen and oxygen atoms in total. The van der Waals surface area contributed by atoms with Gasteiger partial charge in [0.1, 0.15) is 18.0 Å². The van der Waals surface area contributed by atoms with Crippen LogP contribution in [0.2, 0.25) is 0 Å². The number of carbonyl (C=O) groups is 3. The molecule has 1 N–H and O–H groups in total. The lowest BCUT2D eigenvalue weighted by atomic mass is 9.55. The van der Waals surface area contributed by atoms with Crippen LogP contribution < -0.4 is 0 Å². The van der Waals surface area contributed by atoms with Crippen molar-refractivity contribution in [1.29, 1.82) is 0 Å². The molecular formula is C29H44O9. The highest BCUT2D eigenvalue weighted by atomic mass is 16.7. The molecule has 2 aliphatic heterocycles. The molecule has 0 aromatic heterocycles. The van der Waals surface area contributed by atoms with Crippen LogP contribution in [-0.2, 0) is 38.1 Å². The average molecular weight is 537 g/mol. The Morgan fingerprint density at radius 1 is 1.18 bits per heavy atom. The number of aliphatic hydroxyl groups excluding tert-OH is 1. The Morgan fingerprint density at radius 3 is 2.55 bits per heavy atom. The van der Waals surface area contributed by atoms with Crippen molar-refractivity contribution < 1.29 is 43.2 Å². The van der Waals surface area contributed by atoms with Crippen molar-refractivity contribution >= 4 is 17.7 Å². The molecule has 2 aliphatic carbocycles. The maximum atomic E-state index is 13.5. The maximum absolute atomic E-state index is 13.5. The number of methoxy groups -OCH3 is 2. The van der Waals surface area contributed by atoms with Gasteiger partial charge in [0.25, 0.3) is 0 Å². The first-order valence-corrected chi connectivity index (χ1v) is 14.0. The van der Waals surface area contributed by atoms with Crippen molar-refractivity contribution in [2.24, 2.45) is 29.1 Å². The Hall–Kier alpha value is -1.81. The van der Waals surface area contributed by atoms with Crippen LogP contribution in [0.1, 0.15) is 72.6 Å². The number of Topliss-reactive ketones (excluding diaryl/α,β-unsaturated/α-hetero) is 1. The van der Waals surface area contributed by atoms with Gasteiger partial charge in [-0.2, -0.15) is 0 Å². The molecular weight excluding hydrogens is 492 g/mol. The van der Waals surface area contributed by atoms with Crippen molar-refractivity contribution in [3.63, 3.8) is 0 Å². The van der Waals surface area contributed by atoms with Gasteiger partial charge < -0.3 is 28.8 Å². The summed E-state index contributed by atoms with van der Waals surface area (Å²) in [6, 6.07) is 0. The summed E-state index contributed by atoms with van der Waals surface area (Å²) in [5.74, 6) is -1.75. The van der Waals surface area contributed by atoms with E-state index in [1.807, 2.05) is 20.8 Å². The van der Waals surface area contributed by atoms with Gasteiger partial charge >= 0.3 is 11.9 Å².